The van der Waals surface area contributed by atoms with Gasteiger partial charge in [-0.25, -0.2) is 4.98 Å². The summed E-state index contributed by atoms with van der Waals surface area (Å²) in [6.45, 7) is 2.86. The van der Waals surface area contributed by atoms with E-state index >= 15 is 0 Å². The van der Waals surface area contributed by atoms with E-state index in [0.717, 1.165) is 35.5 Å². The smallest absolute Gasteiger partial charge is 0.271 e. The van der Waals surface area contributed by atoms with Gasteiger partial charge in [0.1, 0.15) is 11.5 Å². The predicted octanol–water partition coefficient (Wildman–Crippen LogP) is 3.44. The molecule has 2 aromatic carbocycles. The molecule has 1 amide bonds. The summed E-state index contributed by atoms with van der Waals surface area (Å²) in [5, 5.41) is 2.92. The first kappa shape index (κ1) is 15.6. The number of imidazole rings is 1. The standard InChI is InChI=1S/C21H21N3O/c1-21(15-9-4-2-5-10-15,16-11-6-3-7-12-16)20-23-17-13-8-14-22-19(25)18(17)24-20/h2-7,9-12H,8,13-14H2,1H3,(H,22,25)(H,23,24). The second-order valence-corrected chi connectivity index (χ2v) is 6.63. The molecule has 4 heteroatoms. The van der Waals surface area contributed by atoms with Crippen LogP contribution in [0.15, 0.2) is 60.7 Å². The molecule has 0 saturated carbocycles. The van der Waals surface area contributed by atoms with Crippen molar-refractivity contribution in [3.8, 4) is 0 Å². The molecule has 0 saturated heterocycles. The van der Waals surface area contributed by atoms with E-state index < -0.39 is 5.41 Å². The maximum Gasteiger partial charge on any atom is 0.271 e. The summed E-state index contributed by atoms with van der Waals surface area (Å²) in [5.41, 5.74) is 3.30. The number of hydrogen-bond acceptors (Lipinski definition) is 2. The van der Waals surface area contributed by atoms with Gasteiger partial charge in [0.05, 0.1) is 5.41 Å². The Kier molecular flexibility index (Phi) is 3.88. The zero-order valence-electron chi connectivity index (χ0n) is 14.3. The molecule has 2 heterocycles. The molecular formula is C21H21N3O. The van der Waals surface area contributed by atoms with E-state index in [2.05, 4.69) is 41.5 Å². The predicted molar refractivity (Wildman–Crippen MR) is 97.7 cm³/mol. The van der Waals surface area contributed by atoms with Crippen LogP contribution in [-0.2, 0) is 11.8 Å². The Morgan fingerprint density at radius 2 is 1.56 bits per heavy atom. The van der Waals surface area contributed by atoms with Crippen LogP contribution in [0.2, 0.25) is 0 Å². The number of rotatable bonds is 3. The van der Waals surface area contributed by atoms with Gasteiger partial charge in [-0.1, -0.05) is 60.7 Å². The highest BCUT2D eigenvalue weighted by Crippen LogP contribution is 2.37. The summed E-state index contributed by atoms with van der Waals surface area (Å²) in [5.74, 6) is 0.727. The topological polar surface area (TPSA) is 57.8 Å². The van der Waals surface area contributed by atoms with Crippen molar-refractivity contribution in [2.45, 2.75) is 25.2 Å². The lowest BCUT2D eigenvalue weighted by Crippen LogP contribution is -2.28. The summed E-state index contributed by atoms with van der Waals surface area (Å²) in [7, 11) is 0. The van der Waals surface area contributed by atoms with E-state index in [9.17, 15) is 4.79 Å². The number of aromatic nitrogens is 2. The van der Waals surface area contributed by atoms with Crippen molar-refractivity contribution in [2.24, 2.45) is 0 Å². The molecule has 4 rings (SSSR count). The minimum atomic E-state index is -0.449. The monoisotopic (exact) mass is 331 g/mol. The Morgan fingerprint density at radius 3 is 2.16 bits per heavy atom. The Bertz CT molecular complexity index is 845. The SMILES string of the molecule is CC(c1ccccc1)(c1ccccc1)c1nc2c([nH]1)CCCNC2=O. The van der Waals surface area contributed by atoms with Gasteiger partial charge in [0.15, 0.2) is 0 Å². The van der Waals surface area contributed by atoms with Crippen molar-refractivity contribution >= 4 is 5.91 Å². The molecule has 0 fully saturated rings. The van der Waals surface area contributed by atoms with Crippen LogP contribution in [-0.4, -0.2) is 22.4 Å². The highest BCUT2D eigenvalue weighted by atomic mass is 16.1. The van der Waals surface area contributed by atoms with Gasteiger partial charge in [0.25, 0.3) is 5.91 Å². The van der Waals surface area contributed by atoms with E-state index in [1.807, 2.05) is 36.4 Å². The fraction of sp³-hybridized carbons (Fsp3) is 0.238. The zero-order valence-corrected chi connectivity index (χ0v) is 14.3. The lowest BCUT2D eigenvalue weighted by atomic mass is 9.75. The van der Waals surface area contributed by atoms with Gasteiger partial charge in [-0.2, -0.15) is 0 Å². The molecule has 3 aromatic rings. The lowest BCUT2D eigenvalue weighted by molar-refractivity contribution is 0.0951. The third-order valence-electron chi connectivity index (χ3n) is 5.06. The average Bonchev–Trinajstić information content (AvgIpc) is 3.03. The van der Waals surface area contributed by atoms with Crippen molar-refractivity contribution < 1.29 is 4.79 Å². The number of aromatic amines is 1. The fourth-order valence-electron chi connectivity index (χ4n) is 3.55. The molecule has 1 aromatic heterocycles. The van der Waals surface area contributed by atoms with E-state index in [4.69, 9.17) is 4.98 Å². The molecule has 4 nitrogen and oxygen atoms in total. The number of fused-ring (bicyclic) bond motifs is 1. The van der Waals surface area contributed by atoms with Crippen LogP contribution in [0, 0.1) is 0 Å². The average molecular weight is 331 g/mol. The first-order chi connectivity index (χ1) is 12.2. The molecule has 126 valence electrons. The summed E-state index contributed by atoms with van der Waals surface area (Å²) in [4.78, 5) is 20.5. The Balaban J connectivity index is 1.91. The lowest BCUT2D eigenvalue weighted by Gasteiger charge is -2.29. The van der Waals surface area contributed by atoms with Gasteiger partial charge in [0, 0.05) is 12.2 Å². The third kappa shape index (κ3) is 2.64. The van der Waals surface area contributed by atoms with Crippen LogP contribution in [0.25, 0.3) is 0 Å². The van der Waals surface area contributed by atoms with Crippen LogP contribution in [0.1, 0.15) is 46.5 Å². The van der Waals surface area contributed by atoms with Crippen LogP contribution in [0.5, 0.6) is 0 Å². The largest absolute Gasteiger partial charge is 0.351 e. The highest BCUT2D eigenvalue weighted by Gasteiger charge is 2.36. The molecule has 2 N–H and O–H groups in total. The van der Waals surface area contributed by atoms with Crippen molar-refractivity contribution in [2.75, 3.05) is 6.54 Å². The molecule has 0 aliphatic carbocycles. The molecule has 0 radical (unpaired) electrons. The second kappa shape index (κ2) is 6.20. The fourth-order valence-corrected chi connectivity index (χ4v) is 3.55. The van der Waals surface area contributed by atoms with Crippen LogP contribution in [0.3, 0.4) is 0 Å². The zero-order chi connectivity index (χ0) is 17.3. The summed E-state index contributed by atoms with van der Waals surface area (Å²) in [6, 6.07) is 20.6. The maximum atomic E-state index is 12.3. The normalized spacial score (nSPS) is 14.5. The van der Waals surface area contributed by atoms with Gasteiger partial charge in [-0.15, -0.1) is 0 Å². The number of amides is 1. The van der Waals surface area contributed by atoms with Crippen LogP contribution in [0.4, 0.5) is 0 Å². The first-order valence-electron chi connectivity index (χ1n) is 8.68. The molecule has 0 bridgehead atoms. The van der Waals surface area contributed by atoms with Crippen molar-refractivity contribution in [1.29, 1.82) is 0 Å². The first-order valence-corrected chi connectivity index (χ1v) is 8.68. The maximum absolute atomic E-state index is 12.3. The Hall–Kier alpha value is -2.88. The van der Waals surface area contributed by atoms with Crippen molar-refractivity contribution in [3.05, 3.63) is 89.0 Å². The minimum Gasteiger partial charge on any atom is -0.351 e. The van der Waals surface area contributed by atoms with Gasteiger partial charge in [-0.3, -0.25) is 4.79 Å². The molecule has 0 atom stereocenters. The van der Waals surface area contributed by atoms with Crippen LogP contribution < -0.4 is 5.32 Å². The minimum absolute atomic E-state index is 0.0847. The molecule has 1 aliphatic heterocycles. The van der Waals surface area contributed by atoms with E-state index in [1.54, 1.807) is 0 Å². The number of nitrogens with zero attached hydrogens (tertiary/aromatic N) is 1. The van der Waals surface area contributed by atoms with Gasteiger partial charge in [0.2, 0.25) is 0 Å². The molecule has 1 aliphatic rings. The molecule has 0 spiro atoms. The number of hydrogen-bond donors (Lipinski definition) is 2. The van der Waals surface area contributed by atoms with Crippen molar-refractivity contribution in [3.63, 3.8) is 0 Å². The number of nitrogens with one attached hydrogen (secondary N) is 2. The molecule has 0 unspecified atom stereocenters. The Labute approximate surface area is 147 Å². The van der Waals surface area contributed by atoms with E-state index in [-0.39, 0.29) is 5.91 Å². The van der Waals surface area contributed by atoms with Gasteiger partial charge in [-0.05, 0) is 30.9 Å². The Morgan fingerprint density at radius 1 is 0.960 bits per heavy atom. The summed E-state index contributed by atoms with van der Waals surface area (Å²) >= 11 is 0. The van der Waals surface area contributed by atoms with Crippen molar-refractivity contribution in [1.82, 2.24) is 15.3 Å². The van der Waals surface area contributed by atoms with Gasteiger partial charge >= 0.3 is 0 Å². The van der Waals surface area contributed by atoms with Crippen LogP contribution >= 0.6 is 0 Å². The number of H-pyrrole nitrogens is 1. The molecule has 25 heavy (non-hydrogen) atoms. The quantitative estimate of drug-likeness (QED) is 0.772. The van der Waals surface area contributed by atoms with Gasteiger partial charge < -0.3 is 10.3 Å². The summed E-state index contributed by atoms with van der Waals surface area (Å²) in [6.07, 6.45) is 1.76. The highest BCUT2D eigenvalue weighted by molar-refractivity contribution is 5.93. The second-order valence-electron chi connectivity index (χ2n) is 6.63. The summed E-state index contributed by atoms with van der Waals surface area (Å²) < 4.78 is 0. The molecular weight excluding hydrogens is 310 g/mol. The third-order valence-corrected chi connectivity index (χ3v) is 5.06. The number of benzene rings is 2. The number of carbonyl (C=O) groups excluding carboxylic acids is 1. The van der Waals surface area contributed by atoms with E-state index in [0.29, 0.717) is 12.2 Å². The number of carbonyl (C=O) groups is 1. The number of aryl methyl sites for hydroxylation is 1. The van der Waals surface area contributed by atoms with E-state index in [1.165, 1.54) is 0 Å².